The highest BCUT2D eigenvalue weighted by atomic mass is 16.2. The summed E-state index contributed by atoms with van der Waals surface area (Å²) in [7, 11) is 0. The predicted octanol–water partition coefficient (Wildman–Crippen LogP) is 0.977. The largest absolute Gasteiger partial charge is 0.353 e. The first-order chi connectivity index (χ1) is 8.60. The molecule has 0 bridgehead atoms. The molecule has 0 radical (unpaired) electrons. The first-order valence-corrected chi connectivity index (χ1v) is 7.32. The van der Waals surface area contributed by atoms with Crippen molar-refractivity contribution in [1.29, 1.82) is 0 Å². The number of carbonyl (C=O) groups excluding carboxylic acids is 1. The van der Waals surface area contributed by atoms with Crippen molar-refractivity contribution in [2.75, 3.05) is 32.7 Å². The van der Waals surface area contributed by atoms with Crippen LogP contribution in [0.3, 0.4) is 0 Å². The van der Waals surface area contributed by atoms with Crippen LogP contribution in [0.1, 0.15) is 39.5 Å². The van der Waals surface area contributed by atoms with Gasteiger partial charge in [-0.25, -0.2) is 0 Å². The van der Waals surface area contributed by atoms with E-state index in [9.17, 15) is 4.79 Å². The molecule has 0 aromatic carbocycles. The Kier molecular flexibility index (Phi) is 4.62. The van der Waals surface area contributed by atoms with Gasteiger partial charge in [0.05, 0.1) is 6.54 Å². The molecule has 1 amide bonds. The summed E-state index contributed by atoms with van der Waals surface area (Å²) in [5, 5.41) is 6.51. The number of carbonyl (C=O) groups is 1. The number of nitrogens with one attached hydrogen (secondary N) is 2. The molecule has 2 aliphatic rings. The molecule has 1 atom stereocenters. The van der Waals surface area contributed by atoms with Crippen LogP contribution in [0.5, 0.6) is 0 Å². The normalized spacial score (nSPS) is 29.7. The highest BCUT2D eigenvalue weighted by Gasteiger charge is 2.36. The van der Waals surface area contributed by atoms with Crippen molar-refractivity contribution in [3.63, 3.8) is 0 Å². The average molecular weight is 253 g/mol. The van der Waals surface area contributed by atoms with Gasteiger partial charge in [-0.3, -0.25) is 9.69 Å². The summed E-state index contributed by atoms with van der Waals surface area (Å²) in [6.45, 7) is 9.06. The van der Waals surface area contributed by atoms with Gasteiger partial charge >= 0.3 is 0 Å². The number of hydrogen-bond donors (Lipinski definition) is 2. The molecule has 2 heterocycles. The molecule has 2 rings (SSSR count). The number of amides is 1. The topological polar surface area (TPSA) is 44.4 Å². The molecule has 2 aliphatic heterocycles. The van der Waals surface area contributed by atoms with E-state index < -0.39 is 0 Å². The Labute approximate surface area is 110 Å². The van der Waals surface area contributed by atoms with E-state index in [1.54, 1.807) is 0 Å². The van der Waals surface area contributed by atoms with Crippen LogP contribution in [-0.4, -0.2) is 49.6 Å². The molecule has 0 saturated carbocycles. The van der Waals surface area contributed by atoms with Crippen LogP contribution >= 0.6 is 0 Å². The zero-order valence-corrected chi connectivity index (χ0v) is 11.8. The maximum Gasteiger partial charge on any atom is 0.234 e. The van der Waals surface area contributed by atoms with Gasteiger partial charge in [-0.1, -0.05) is 0 Å². The molecule has 2 fully saturated rings. The van der Waals surface area contributed by atoms with Crippen LogP contribution < -0.4 is 10.6 Å². The second-order valence-corrected chi connectivity index (χ2v) is 6.32. The Morgan fingerprint density at radius 1 is 1.39 bits per heavy atom. The Morgan fingerprint density at radius 2 is 2.17 bits per heavy atom. The van der Waals surface area contributed by atoms with Crippen molar-refractivity contribution in [2.45, 2.75) is 45.6 Å². The minimum absolute atomic E-state index is 0.172. The van der Waals surface area contributed by atoms with E-state index in [4.69, 9.17) is 0 Å². The van der Waals surface area contributed by atoms with Crippen molar-refractivity contribution in [3.05, 3.63) is 0 Å². The Bertz CT molecular complexity index is 279. The van der Waals surface area contributed by atoms with E-state index in [-0.39, 0.29) is 11.9 Å². The zero-order valence-electron chi connectivity index (χ0n) is 11.8. The molecule has 0 aromatic heterocycles. The average Bonchev–Trinajstić information content (AvgIpc) is 2.28. The van der Waals surface area contributed by atoms with Gasteiger partial charge in [0.25, 0.3) is 0 Å². The Morgan fingerprint density at radius 3 is 2.83 bits per heavy atom. The number of piperidine rings is 2. The van der Waals surface area contributed by atoms with Gasteiger partial charge in [0, 0.05) is 19.1 Å². The third-order valence-electron chi connectivity index (χ3n) is 4.12. The van der Waals surface area contributed by atoms with Crippen molar-refractivity contribution < 1.29 is 4.79 Å². The number of rotatable bonds is 3. The molecule has 104 valence electrons. The second-order valence-electron chi connectivity index (χ2n) is 6.32. The summed E-state index contributed by atoms with van der Waals surface area (Å²) in [5.74, 6) is 0.172. The molecule has 1 unspecified atom stereocenters. The van der Waals surface area contributed by atoms with E-state index >= 15 is 0 Å². The van der Waals surface area contributed by atoms with Crippen LogP contribution in [0, 0.1) is 5.41 Å². The molecule has 0 aliphatic carbocycles. The molecule has 4 heteroatoms. The van der Waals surface area contributed by atoms with Crippen molar-refractivity contribution in [3.8, 4) is 0 Å². The maximum atomic E-state index is 11.8. The highest BCUT2D eigenvalue weighted by Crippen LogP contribution is 2.35. The summed E-state index contributed by atoms with van der Waals surface area (Å²) >= 11 is 0. The predicted molar refractivity (Wildman–Crippen MR) is 73.5 cm³/mol. The number of hydrogen-bond acceptors (Lipinski definition) is 3. The third kappa shape index (κ3) is 3.69. The van der Waals surface area contributed by atoms with Crippen LogP contribution in [-0.2, 0) is 4.79 Å². The third-order valence-corrected chi connectivity index (χ3v) is 4.12. The molecule has 18 heavy (non-hydrogen) atoms. The van der Waals surface area contributed by atoms with E-state index in [2.05, 4.69) is 15.5 Å². The summed E-state index contributed by atoms with van der Waals surface area (Å²) in [4.78, 5) is 14.2. The molecular formula is C14H27N3O. The monoisotopic (exact) mass is 253 g/mol. The molecule has 4 nitrogen and oxygen atoms in total. The lowest BCUT2D eigenvalue weighted by molar-refractivity contribution is -0.123. The lowest BCUT2D eigenvalue weighted by Gasteiger charge is -2.45. The fraction of sp³-hybridized carbons (Fsp3) is 0.929. The summed E-state index contributed by atoms with van der Waals surface area (Å²) < 4.78 is 0. The second kappa shape index (κ2) is 6.02. The minimum Gasteiger partial charge on any atom is -0.353 e. The van der Waals surface area contributed by atoms with E-state index in [1.165, 1.54) is 25.7 Å². The van der Waals surface area contributed by atoms with Crippen LogP contribution in [0.4, 0.5) is 0 Å². The van der Waals surface area contributed by atoms with Crippen LogP contribution in [0.15, 0.2) is 0 Å². The quantitative estimate of drug-likeness (QED) is 0.788. The Balaban J connectivity index is 1.84. The maximum absolute atomic E-state index is 11.8. The fourth-order valence-corrected chi connectivity index (χ4v) is 3.39. The summed E-state index contributed by atoms with van der Waals surface area (Å²) in [6, 6.07) is 0.243. The fourth-order valence-electron chi connectivity index (χ4n) is 3.39. The van der Waals surface area contributed by atoms with E-state index in [0.717, 1.165) is 26.2 Å². The van der Waals surface area contributed by atoms with E-state index in [1.807, 2.05) is 13.8 Å². The van der Waals surface area contributed by atoms with Crippen LogP contribution in [0.2, 0.25) is 0 Å². The van der Waals surface area contributed by atoms with Crippen molar-refractivity contribution in [1.82, 2.24) is 15.5 Å². The van der Waals surface area contributed by atoms with Crippen LogP contribution in [0.25, 0.3) is 0 Å². The van der Waals surface area contributed by atoms with Crippen molar-refractivity contribution >= 4 is 5.91 Å². The molecule has 2 saturated heterocycles. The first-order valence-electron chi connectivity index (χ1n) is 7.32. The Hall–Kier alpha value is -0.610. The molecule has 2 N–H and O–H groups in total. The molecule has 1 spiro atoms. The standard InChI is InChI=1S/C14H27N3O/c1-12(2)16-13(18)9-17-8-4-6-14(11-17)5-3-7-15-10-14/h12,15H,3-11H2,1-2H3,(H,16,18). The zero-order chi connectivity index (χ0) is 13.0. The summed E-state index contributed by atoms with van der Waals surface area (Å²) in [6.07, 6.45) is 5.16. The van der Waals surface area contributed by atoms with Gasteiger partial charge in [-0.2, -0.15) is 0 Å². The number of nitrogens with zero attached hydrogens (tertiary/aromatic N) is 1. The SMILES string of the molecule is CC(C)NC(=O)CN1CCCC2(CCCNC2)C1. The minimum atomic E-state index is 0.172. The van der Waals surface area contributed by atoms with Gasteiger partial charge in [0.1, 0.15) is 0 Å². The lowest BCUT2D eigenvalue weighted by atomic mass is 9.74. The van der Waals surface area contributed by atoms with Gasteiger partial charge in [0.2, 0.25) is 5.91 Å². The lowest BCUT2D eigenvalue weighted by Crippen LogP contribution is -2.53. The number of likely N-dealkylation sites (tertiary alicyclic amines) is 1. The van der Waals surface area contributed by atoms with Gasteiger partial charge in [0.15, 0.2) is 0 Å². The highest BCUT2D eigenvalue weighted by molar-refractivity contribution is 5.78. The van der Waals surface area contributed by atoms with Gasteiger partial charge in [-0.05, 0) is 58.0 Å². The first kappa shape index (κ1) is 13.8. The van der Waals surface area contributed by atoms with Gasteiger partial charge < -0.3 is 10.6 Å². The van der Waals surface area contributed by atoms with Gasteiger partial charge in [-0.15, -0.1) is 0 Å². The molecule has 0 aromatic rings. The molecular weight excluding hydrogens is 226 g/mol. The van der Waals surface area contributed by atoms with E-state index in [0.29, 0.717) is 12.0 Å². The smallest absolute Gasteiger partial charge is 0.234 e. The summed E-state index contributed by atoms with van der Waals surface area (Å²) in [5.41, 5.74) is 0.439. The van der Waals surface area contributed by atoms with Crippen molar-refractivity contribution in [2.24, 2.45) is 5.41 Å².